The maximum Gasteiger partial charge on any atom is 0.401 e. The second kappa shape index (κ2) is 13.6. The molecule has 1 saturated heterocycles. The zero-order chi connectivity index (χ0) is 34.0. The largest absolute Gasteiger partial charge is 0.496 e. The number of carbonyl (C=O) groups is 1. The van der Waals surface area contributed by atoms with Crippen LogP contribution in [-0.2, 0) is 6.54 Å². The Balaban J connectivity index is 1.57. The van der Waals surface area contributed by atoms with Crippen LogP contribution in [0.25, 0.3) is 16.8 Å². The molecule has 0 atom stereocenters. The molecular formula is C32H40F3N9O3. The van der Waals surface area contributed by atoms with Crippen LogP contribution >= 0.6 is 0 Å². The van der Waals surface area contributed by atoms with Crippen molar-refractivity contribution in [3.05, 3.63) is 63.5 Å². The van der Waals surface area contributed by atoms with Gasteiger partial charge < -0.3 is 24.8 Å². The highest BCUT2D eigenvalue weighted by atomic mass is 19.4. The monoisotopic (exact) mass is 655 g/mol. The minimum absolute atomic E-state index is 0.0889. The Morgan fingerprint density at radius 3 is 2.55 bits per heavy atom. The van der Waals surface area contributed by atoms with Gasteiger partial charge in [0.05, 0.1) is 32.0 Å². The van der Waals surface area contributed by atoms with E-state index in [1.807, 2.05) is 38.1 Å². The van der Waals surface area contributed by atoms with E-state index in [1.165, 1.54) is 12.0 Å². The molecule has 0 saturated carbocycles. The average Bonchev–Trinajstić information content (AvgIpc) is 3.45. The summed E-state index contributed by atoms with van der Waals surface area (Å²) in [5, 5.41) is 7.56. The summed E-state index contributed by atoms with van der Waals surface area (Å²) >= 11 is 0. The number of aryl methyl sites for hydroxylation is 1. The van der Waals surface area contributed by atoms with Gasteiger partial charge in [-0.1, -0.05) is 0 Å². The topological polar surface area (TPSA) is 124 Å². The lowest BCUT2D eigenvalue weighted by molar-refractivity contribution is -0.147. The van der Waals surface area contributed by atoms with Crippen molar-refractivity contribution in [1.29, 1.82) is 0 Å². The van der Waals surface area contributed by atoms with Gasteiger partial charge in [-0.05, 0) is 57.4 Å². The molecule has 1 amide bonds. The second-order valence-electron chi connectivity index (χ2n) is 11.9. The first-order valence-electron chi connectivity index (χ1n) is 15.4. The van der Waals surface area contributed by atoms with Crippen molar-refractivity contribution in [2.24, 2.45) is 0 Å². The highest BCUT2D eigenvalue weighted by molar-refractivity contribution is 5.96. The Morgan fingerprint density at radius 2 is 1.91 bits per heavy atom. The number of pyridine rings is 2. The molecule has 252 valence electrons. The second-order valence-corrected chi connectivity index (χ2v) is 11.9. The minimum atomic E-state index is -4.26. The summed E-state index contributed by atoms with van der Waals surface area (Å²) < 4.78 is 46.4. The summed E-state index contributed by atoms with van der Waals surface area (Å²) in [6, 6.07) is 5.34. The maximum atomic E-state index is 13.9. The number of carbonyl (C=O) groups excluding carboxylic acids is 1. The van der Waals surface area contributed by atoms with Crippen molar-refractivity contribution >= 4 is 23.2 Å². The van der Waals surface area contributed by atoms with Crippen molar-refractivity contribution in [3.63, 3.8) is 0 Å². The number of alkyl halides is 3. The molecule has 4 aromatic rings. The number of fused-ring (bicyclic) bond motifs is 1. The number of H-pyrrole nitrogens is 1. The Kier molecular flexibility index (Phi) is 9.75. The van der Waals surface area contributed by atoms with Crippen molar-refractivity contribution in [1.82, 2.24) is 34.8 Å². The number of anilines is 2. The van der Waals surface area contributed by atoms with E-state index < -0.39 is 18.6 Å². The zero-order valence-electron chi connectivity index (χ0n) is 27.4. The molecule has 0 aliphatic carbocycles. The molecular weight excluding hydrogens is 615 g/mol. The zero-order valence-corrected chi connectivity index (χ0v) is 27.4. The number of aromatic nitrogens is 5. The van der Waals surface area contributed by atoms with Crippen LogP contribution in [0.2, 0.25) is 0 Å². The third-order valence-electron chi connectivity index (χ3n) is 8.47. The molecule has 2 N–H and O–H groups in total. The summed E-state index contributed by atoms with van der Waals surface area (Å²) in [6.45, 7) is 5.57. The van der Waals surface area contributed by atoms with Gasteiger partial charge in [0.25, 0.3) is 11.5 Å². The Bertz CT molecular complexity index is 1810. The van der Waals surface area contributed by atoms with Gasteiger partial charge >= 0.3 is 6.18 Å². The van der Waals surface area contributed by atoms with Crippen LogP contribution in [0, 0.1) is 13.8 Å². The van der Waals surface area contributed by atoms with E-state index in [9.17, 15) is 22.8 Å². The SMILES string of the molecule is CCN(c1c(C)c(C(=O)NCc2c(OC)cc(C)[nH]c2=O)nc2c(-c3ccnc(N(C)C)c3)cnn12)C1CCN(CC(F)(F)F)CC1. The molecule has 15 heteroatoms. The number of piperidine rings is 1. The number of hydrogen-bond acceptors (Lipinski definition) is 9. The smallest absolute Gasteiger partial charge is 0.401 e. The lowest BCUT2D eigenvalue weighted by Gasteiger charge is -2.40. The van der Waals surface area contributed by atoms with Gasteiger partial charge in [0.2, 0.25) is 0 Å². The van der Waals surface area contributed by atoms with Crippen LogP contribution in [0.3, 0.4) is 0 Å². The van der Waals surface area contributed by atoms with Gasteiger partial charge in [-0.15, -0.1) is 0 Å². The predicted octanol–water partition coefficient (Wildman–Crippen LogP) is 3.95. The highest BCUT2D eigenvalue weighted by Crippen LogP contribution is 2.33. The highest BCUT2D eigenvalue weighted by Gasteiger charge is 2.35. The predicted molar refractivity (Wildman–Crippen MR) is 173 cm³/mol. The normalized spacial score (nSPS) is 14.4. The van der Waals surface area contributed by atoms with E-state index in [2.05, 4.69) is 20.2 Å². The lowest BCUT2D eigenvalue weighted by Crippen LogP contribution is -2.48. The Morgan fingerprint density at radius 1 is 1.19 bits per heavy atom. The third-order valence-corrected chi connectivity index (χ3v) is 8.47. The van der Waals surface area contributed by atoms with E-state index >= 15 is 0 Å². The molecule has 0 aromatic carbocycles. The number of nitrogens with one attached hydrogen (secondary N) is 2. The number of ether oxygens (including phenoxy) is 1. The number of halogens is 3. The van der Waals surface area contributed by atoms with Gasteiger partial charge in [0, 0.05) is 62.8 Å². The van der Waals surface area contributed by atoms with Crippen LogP contribution in [0.4, 0.5) is 24.8 Å². The van der Waals surface area contributed by atoms with Gasteiger partial charge in [-0.2, -0.15) is 22.8 Å². The van der Waals surface area contributed by atoms with E-state index in [-0.39, 0.29) is 29.4 Å². The summed E-state index contributed by atoms with van der Waals surface area (Å²) in [5.74, 6) is 1.22. The molecule has 0 unspecified atom stereocenters. The van der Waals surface area contributed by atoms with Gasteiger partial charge in [-0.25, -0.2) is 9.97 Å². The van der Waals surface area contributed by atoms with Crippen LogP contribution in [0.1, 0.15) is 47.1 Å². The quantitative estimate of drug-likeness (QED) is 0.261. The minimum Gasteiger partial charge on any atom is -0.496 e. The number of methoxy groups -OCH3 is 1. The molecule has 5 heterocycles. The van der Waals surface area contributed by atoms with Crippen molar-refractivity contribution < 1.29 is 22.7 Å². The third kappa shape index (κ3) is 7.19. The number of amides is 1. The van der Waals surface area contributed by atoms with E-state index in [0.29, 0.717) is 66.5 Å². The summed E-state index contributed by atoms with van der Waals surface area (Å²) in [7, 11) is 5.23. The summed E-state index contributed by atoms with van der Waals surface area (Å²) in [5.41, 5.74) is 3.13. The van der Waals surface area contributed by atoms with Crippen molar-refractivity contribution in [3.8, 4) is 16.9 Å². The van der Waals surface area contributed by atoms with Crippen LogP contribution in [0.15, 0.2) is 35.4 Å². The average molecular weight is 656 g/mol. The number of hydrogen-bond donors (Lipinski definition) is 2. The Hall–Kier alpha value is -4.66. The van der Waals surface area contributed by atoms with E-state index in [1.54, 1.807) is 36.8 Å². The molecule has 47 heavy (non-hydrogen) atoms. The molecule has 1 fully saturated rings. The summed E-state index contributed by atoms with van der Waals surface area (Å²) in [6.07, 6.45) is 0.144. The van der Waals surface area contributed by atoms with E-state index in [4.69, 9.17) is 14.8 Å². The Labute approximate surface area is 270 Å². The molecule has 4 aromatic heterocycles. The molecule has 1 aliphatic heterocycles. The number of nitrogens with zero attached hydrogens (tertiary/aromatic N) is 7. The summed E-state index contributed by atoms with van der Waals surface area (Å²) in [4.78, 5) is 44.0. The van der Waals surface area contributed by atoms with Crippen LogP contribution < -0.4 is 25.4 Å². The lowest BCUT2D eigenvalue weighted by atomic mass is 10.0. The number of aromatic amines is 1. The molecule has 0 bridgehead atoms. The van der Waals surface area contributed by atoms with Crippen LogP contribution in [-0.4, -0.2) is 95.0 Å². The first-order chi connectivity index (χ1) is 22.3. The fourth-order valence-electron chi connectivity index (χ4n) is 6.16. The molecule has 12 nitrogen and oxygen atoms in total. The first kappa shape index (κ1) is 33.7. The molecule has 1 aliphatic rings. The number of likely N-dealkylation sites (tertiary alicyclic amines) is 1. The van der Waals surface area contributed by atoms with Crippen LogP contribution in [0.5, 0.6) is 5.75 Å². The molecule has 0 radical (unpaired) electrons. The first-order valence-corrected chi connectivity index (χ1v) is 15.4. The fraction of sp³-hybridized carbons (Fsp3) is 0.469. The van der Waals surface area contributed by atoms with Gasteiger partial charge in [0.1, 0.15) is 23.1 Å². The fourth-order valence-corrected chi connectivity index (χ4v) is 6.16. The molecule has 5 rings (SSSR count). The van der Waals surface area contributed by atoms with Gasteiger partial charge in [-0.3, -0.25) is 14.5 Å². The van der Waals surface area contributed by atoms with Crippen molar-refractivity contribution in [2.75, 3.05) is 57.2 Å². The number of rotatable bonds is 10. The maximum absolute atomic E-state index is 13.9. The van der Waals surface area contributed by atoms with E-state index in [0.717, 1.165) is 11.4 Å². The molecule has 0 spiro atoms. The van der Waals surface area contributed by atoms with Gasteiger partial charge in [0.15, 0.2) is 5.65 Å². The van der Waals surface area contributed by atoms with Crippen molar-refractivity contribution in [2.45, 2.75) is 52.4 Å². The standard InChI is InChI=1S/C32H40F3N9O3/c1-7-43(22-9-12-42(13-10-22)18-32(33,34)35)31-20(3)27(30(46)37-16-24-25(47-6)14-19(2)39-29(24)45)40-28-23(17-38-44(28)31)21-8-11-36-26(15-21)41(4)5/h8,11,14-15,17,22H,7,9-10,12-13,16,18H2,1-6H3,(H,37,46)(H,39,45).